The van der Waals surface area contributed by atoms with Crippen LogP contribution >= 0.6 is 11.6 Å². The average Bonchev–Trinajstić information content (AvgIpc) is 3.35. The van der Waals surface area contributed by atoms with Gasteiger partial charge in [-0.15, -0.1) is 0 Å². The lowest BCUT2D eigenvalue weighted by Gasteiger charge is -2.21. The van der Waals surface area contributed by atoms with Crippen LogP contribution in [0.1, 0.15) is 34.5 Å². The van der Waals surface area contributed by atoms with Crippen molar-refractivity contribution in [3.05, 3.63) is 86.7 Å². The van der Waals surface area contributed by atoms with Gasteiger partial charge in [0.2, 0.25) is 0 Å². The molecule has 2 aromatic carbocycles. The van der Waals surface area contributed by atoms with E-state index < -0.39 is 11.7 Å². The Kier molecular flexibility index (Phi) is 7.31. The summed E-state index contributed by atoms with van der Waals surface area (Å²) in [5.74, 6) is -1.21. The largest absolute Gasteiger partial charge is 0.394 e. The standard InChI is InChI=1S/C29H28ClFN6O3/c1-15-11-19(25-20(12-15)29(40)36(4)28-21(25)14-33-37(28)9-10-38)16(2)34-23-7-8-24(30)35-26(23)17-5-6-18(22(31)13-17)27(39)32-3/h5-8,11-14,16,34,38H,9-10H2,1-4H3,(H,32,39). The summed E-state index contributed by atoms with van der Waals surface area (Å²) in [7, 11) is 3.14. The number of rotatable bonds is 7. The normalized spacial score (nSPS) is 12.2. The third kappa shape index (κ3) is 4.69. The number of anilines is 1. The summed E-state index contributed by atoms with van der Waals surface area (Å²) >= 11 is 6.23. The number of fused-ring (bicyclic) bond motifs is 3. The van der Waals surface area contributed by atoms with Crippen LogP contribution in [0.25, 0.3) is 33.1 Å². The summed E-state index contributed by atoms with van der Waals surface area (Å²) in [6, 6.07) is 11.2. The lowest BCUT2D eigenvalue weighted by molar-refractivity contribution is 0.0959. The van der Waals surface area contributed by atoms with Crippen LogP contribution in [0.3, 0.4) is 0 Å². The highest BCUT2D eigenvalue weighted by Gasteiger charge is 2.21. The Hall–Kier alpha value is -4.28. The third-order valence-electron chi connectivity index (χ3n) is 6.97. The number of hydrogen-bond donors (Lipinski definition) is 3. The first kappa shape index (κ1) is 27.3. The number of aromatic nitrogens is 4. The fourth-order valence-electron chi connectivity index (χ4n) is 5.13. The minimum absolute atomic E-state index is 0.0743. The fraction of sp³-hybridized carbons (Fsp3) is 0.241. The van der Waals surface area contributed by atoms with E-state index in [-0.39, 0.29) is 35.5 Å². The molecular weight excluding hydrogens is 535 g/mol. The second kappa shape index (κ2) is 10.7. The second-order valence-electron chi connectivity index (χ2n) is 9.64. The lowest BCUT2D eigenvalue weighted by atomic mass is 9.95. The molecule has 1 atom stereocenters. The maximum Gasteiger partial charge on any atom is 0.259 e. The summed E-state index contributed by atoms with van der Waals surface area (Å²) < 4.78 is 18.0. The van der Waals surface area contributed by atoms with E-state index in [1.54, 1.807) is 40.7 Å². The van der Waals surface area contributed by atoms with Crippen molar-refractivity contribution in [1.82, 2.24) is 24.6 Å². The van der Waals surface area contributed by atoms with Crippen molar-refractivity contribution in [2.75, 3.05) is 19.0 Å². The Morgan fingerprint density at radius 2 is 1.95 bits per heavy atom. The predicted octanol–water partition coefficient (Wildman–Crippen LogP) is 4.58. The molecule has 0 aliphatic rings. The number of nitrogens with one attached hydrogen (secondary N) is 2. The first-order valence-corrected chi connectivity index (χ1v) is 13.1. The molecule has 0 aliphatic heterocycles. The number of aliphatic hydroxyl groups is 1. The molecule has 5 aromatic rings. The van der Waals surface area contributed by atoms with Gasteiger partial charge in [-0.3, -0.25) is 14.2 Å². The molecule has 1 amide bonds. The fourth-order valence-corrected chi connectivity index (χ4v) is 5.28. The van der Waals surface area contributed by atoms with Crippen molar-refractivity contribution in [3.63, 3.8) is 0 Å². The van der Waals surface area contributed by atoms with Gasteiger partial charge in [0, 0.05) is 41.9 Å². The minimum Gasteiger partial charge on any atom is -0.394 e. The van der Waals surface area contributed by atoms with Crippen LogP contribution in [0, 0.1) is 12.7 Å². The van der Waals surface area contributed by atoms with Crippen molar-refractivity contribution in [3.8, 4) is 11.3 Å². The molecule has 206 valence electrons. The van der Waals surface area contributed by atoms with Crippen LogP contribution in [-0.2, 0) is 13.6 Å². The van der Waals surface area contributed by atoms with E-state index >= 15 is 0 Å². The Morgan fingerprint density at radius 1 is 1.18 bits per heavy atom. The van der Waals surface area contributed by atoms with E-state index in [1.165, 1.54) is 19.2 Å². The van der Waals surface area contributed by atoms with Crippen LogP contribution in [0.2, 0.25) is 5.15 Å². The number of pyridine rings is 2. The number of nitrogens with zero attached hydrogens (tertiary/aromatic N) is 4. The Labute approximate surface area is 234 Å². The zero-order valence-electron chi connectivity index (χ0n) is 22.4. The van der Waals surface area contributed by atoms with Crippen molar-refractivity contribution in [1.29, 1.82) is 0 Å². The van der Waals surface area contributed by atoms with Crippen LogP contribution in [0.4, 0.5) is 10.1 Å². The van der Waals surface area contributed by atoms with Crippen molar-refractivity contribution < 1.29 is 14.3 Å². The average molecular weight is 563 g/mol. The van der Waals surface area contributed by atoms with E-state index in [1.807, 2.05) is 26.0 Å². The molecule has 0 aliphatic carbocycles. The highest BCUT2D eigenvalue weighted by Crippen LogP contribution is 2.35. The van der Waals surface area contributed by atoms with Gasteiger partial charge in [-0.2, -0.15) is 5.10 Å². The monoisotopic (exact) mass is 562 g/mol. The minimum atomic E-state index is -0.680. The van der Waals surface area contributed by atoms with Gasteiger partial charge in [-0.25, -0.2) is 14.1 Å². The number of benzene rings is 2. The summed E-state index contributed by atoms with van der Waals surface area (Å²) in [5, 5.41) is 22.2. The van der Waals surface area contributed by atoms with Gasteiger partial charge in [0.15, 0.2) is 0 Å². The summed E-state index contributed by atoms with van der Waals surface area (Å²) in [6.07, 6.45) is 1.71. The van der Waals surface area contributed by atoms with Gasteiger partial charge in [0.1, 0.15) is 16.6 Å². The van der Waals surface area contributed by atoms with Crippen LogP contribution in [-0.4, -0.2) is 44.0 Å². The van der Waals surface area contributed by atoms with Crippen molar-refractivity contribution in [2.45, 2.75) is 26.4 Å². The summed E-state index contributed by atoms with van der Waals surface area (Å²) in [5.41, 5.74) is 3.60. The maximum atomic E-state index is 14.8. The molecule has 0 fully saturated rings. The predicted molar refractivity (Wildman–Crippen MR) is 154 cm³/mol. The number of carbonyl (C=O) groups excluding carboxylic acids is 1. The van der Waals surface area contributed by atoms with Gasteiger partial charge in [0.05, 0.1) is 36.3 Å². The zero-order valence-corrected chi connectivity index (χ0v) is 23.2. The smallest absolute Gasteiger partial charge is 0.259 e. The molecule has 9 nitrogen and oxygen atoms in total. The van der Waals surface area contributed by atoms with E-state index in [0.717, 1.165) is 21.9 Å². The summed E-state index contributed by atoms with van der Waals surface area (Å²) in [6.45, 7) is 4.04. The van der Waals surface area contributed by atoms with E-state index in [4.69, 9.17) is 11.6 Å². The quantitative estimate of drug-likeness (QED) is 0.250. The van der Waals surface area contributed by atoms with Crippen LogP contribution < -0.4 is 16.2 Å². The molecule has 3 aromatic heterocycles. The molecule has 0 saturated carbocycles. The molecular formula is C29H28ClFN6O3. The van der Waals surface area contributed by atoms with Gasteiger partial charge < -0.3 is 15.7 Å². The number of halogens is 2. The van der Waals surface area contributed by atoms with Crippen LogP contribution in [0.5, 0.6) is 0 Å². The topological polar surface area (TPSA) is 114 Å². The first-order valence-electron chi connectivity index (χ1n) is 12.7. The SMILES string of the molecule is CNC(=O)c1ccc(-c2nc(Cl)ccc2NC(C)c2cc(C)cc3c(=O)n(C)c4c(cnn4CCO)c23)cc1F. The molecule has 0 radical (unpaired) electrons. The number of hydrogen-bond acceptors (Lipinski definition) is 6. The number of carbonyl (C=O) groups is 1. The third-order valence-corrected chi connectivity index (χ3v) is 7.18. The van der Waals surface area contributed by atoms with Crippen LogP contribution in [0.15, 0.2) is 53.5 Å². The zero-order chi connectivity index (χ0) is 28.7. The van der Waals surface area contributed by atoms with Crippen molar-refractivity contribution >= 4 is 45.0 Å². The second-order valence-corrected chi connectivity index (χ2v) is 10.0. The van der Waals surface area contributed by atoms with E-state index in [9.17, 15) is 19.1 Å². The van der Waals surface area contributed by atoms with Gasteiger partial charge >= 0.3 is 0 Å². The van der Waals surface area contributed by atoms with Gasteiger partial charge in [-0.1, -0.05) is 23.7 Å². The molecule has 11 heteroatoms. The number of aliphatic hydroxyl groups excluding tert-OH is 1. The lowest BCUT2D eigenvalue weighted by Crippen LogP contribution is -2.21. The number of amides is 1. The molecule has 0 saturated heterocycles. The molecule has 1 unspecified atom stereocenters. The first-order chi connectivity index (χ1) is 19.1. The highest BCUT2D eigenvalue weighted by molar-refractivity contribution is 6.29. The molecule has 3 N–H and O–H groups in total. The molecule has 40 heavy (non-hydrogen) atoms. The molecule has 0 bridgehead atoms. The van der Waals surface area contributed by atoms with Gasteiger partial charge in [-0.05, 0) is 55.3 Å². The molecule has 3 heterocycles. The molecule has 0 spiro atoms. The highest BCUT2D eigenvalue weighted by atomic mass is 35.5. The molecule has 5 rings (SSSR count). The van der Waals surface area contributed by atoms with E-state index in [0.29, 0.717) is 28.0 Å². The Bertz CT molecular complexity index is 1850. The van der Waals surface area contributed by atoms with E-state index in [2.05, 4.69) is 20.7 Å². The Morgan fingerprint density at radius 3 is 2.65 bits per heavy atom. The van der Waals surface area contributed by atoms with Gasteiger partial charge in [0.25, 0.3) is 11.5 Å². The number of aryl methyl sites for hydroxylation is 2. The summed E-state index contributed by atoms with van der Waals surface area (Å²) in [4.78, 5) is 29.9. The maximum absolute atomic E-state index is 14.8. The van der Waals surface area contributed by atoms with Crippen molar-refractivity contribution in [2.24, 2.45) is 7.05 Å². The Balaban J connectivity index is 1.64.